The van der Waals surface area contributed by atoms with E-state index in [-0.39, 0.29) is 30.2 Å². The summed E-state index contributed by atoms with van der Waals surface area (Å²) < 4.78 is 5.24. The Morgan fingerprint density at radius 3 is 1.94 bits per heavy atom. The van der Waals surface area contributed by atoms with Crippen LogP contribution in [-0.4, -0.2) is 17.2 Å². The van der Waals surface area contributed by atoms with Crippen LogP contribution in [0, 0.1) is 0 Å². The number of carboxylic acids is 1. The molecular formula is C13H20Cl2O3. The van der Waals surface area contributed by atoms with Crippen molar-refractivity contribution < 1.29 is 14.6 Å². The van der Waals surface area contributed by atoms with Crippen molar-refractivity contribution in [2.24, 2.45) is 0 Å². The van der Waals surface area contributed by atoms with Crippen LogP contribution in [0.5, 0.6) is 5.75 Å². The van der Waals surface area contributed by atoms with Crippen LogP contribution in [0.3, 0.4) is 0 Å². The molecule has 0 aromatic heterocycles. The molecule has 1 atom stereocenters. The highest BCUT2D eigenvalue weighted by molar-refractivity contribution is 5.85. The minimum atomic E-state index is -0.958. The molecule has 1 aromatic carbocycles. The third-order valence-corrected chi connectivity index (χ3v) is 2.38. The highest BCUT2D eigenvalue weighted by Gasteiger charge is 2.15. The van der Waals surface area contributed by atoms with Crippen molar-refractivity contribution in [3.8, 4) is 5.75 Å². The van der Waals surface area contributed by atoms with E-state index in [1.54, 1.807) is 12.1 Å². The number of hydrogen-bond donors (Lipinski definition) is 1. The second-order valence-electron chi connectivity index (χ2n) is 4.87. The fourth-order valence-corrected chi connectivity index (χ4v) is 1.29. The lowest BCUT2D eigenvalue weighted by Crippen LogP contribution is -2.22. The van der Waals surface area contributed by atoms with E-state index in [1.807, 2.05) is 12.1 Å². The van der Waals surface area contributed by atoms with E-state index in [0.717, 1.165) is 0 Å². The molecule has 1 unspecified atom stereocenters. The minimum Gasteiger partial charge on any atom is -0.479 e. The number of benzene rings is 1. The Morgan fingerprint density at radius 2 is 1.61 bits per heavy atom. The molecule has 104 valence electrons. The van der Waals surface area contributed by atoms with E-state index < -0.39 is 12.1 Å². The third-order valence-electron chi connectivity index (χ3n) is 2.38. The molecule has 0 saturated carbocycles. The number of halogens is 2. The number of carbonyl (C=O) groups is 1. The molecular weight excluding hydrogens is 275 g/mol. The van der Waals surface area contributed by atoms with E-state index in [9.17, 15) is 4.79 Å². The first-order valence-electron chi connectivity index (χ1n) is 5.30. The van der Waals surface area contributed by atoms with Crippen LogP contribution in [0.4, 0.5) is 0 Å². The Labute approximate surface area is 120 Å². The molecule has 0 radical (unpaired) electrons. The maximum atomic E-state index is 10.6. The highest BCUT2D eigenvalue weighted by atomic mass is 35.5. The monoisotopic (exact) mass is 294 g/mol. The van der Waals surface area contributed by atoms with Crippen LogP contribution in [-0.2, 0) is 10.2 Å². The van der Waals surface area contributed by atoms with Crippen molar-refractivity contribution in [3.05, 3.63) is 29.8 Å². The summed E-state index contributed by atoms with van der Waals surface area (Å²) in [5, 5.41) is 8.70. The van der Waals surface area contributed by atoms with Gasteiger partial charge in [0.1, 0.15) is 5.75 Å². The normalized spacial score (nSPS) is 11.8. The minimum absolute atomic E-state index is 0. The van der Waals surface area contributed by atoms with Crippen molar-refractivity contribution >= 4 is 30.8 Å². The zero-order valence-corrected chi connectivity index (χ0v) is 12.6. The van der Waals surface area contributed by atoms with Crippen molar-refractivity contribution in [1.82, 2.24) is 0 Å². The average molecular weight is 295 g/mol. The lowest BCUT2D eigenvalue weighted by atomic mass is 9.87. The van der Waals surface area contributed by atoms with Crippen LogP contribution in [0.2, 0.25) is 0 Å². The number of carboxylic acid groups (broad SMARTS) is 1. The van der Waals surface area contributed by atoms with E-state index in [0.29, 0.717) is 5.75 Å². The molecule has 5 heteroatoms. The van der Waals surface area contributed by atoms with Gasteiger partial charge in [-0.2, -0.15) is 0 Å². The SMILES string of the molecule is CC(Oc1ccc(C(C)(C)C)cc1)C(=O)O.Cl.Cl. The smallest absolute Gasteiger partial charge is 0.344 e. The second kappa shape index (κ2) is 7.49. The van der Waals surface area contributed by atoms with E-state index >= 15 is 0 Å². The standard InChI is InChI=1S/C13H18O3.2ClH/c1-9(12(14)15)16-11-7-5-10(6-8-11)13(2,3)4;;/h5-9H,1-4H3,(H,14,15);2*1H. The number of ether oxygens (including phenoxy) is 1. The predicted octanol–water partition coefficient (Wildman–Crippen LogP) is 3.68. The Kier molecular flexibility index (Phi) is 8.08. The molecule has 1 rings (SSSR count). The topological polar surface area (TPSA) is 46.5 Å². The molecule has 0 saturated heterocycles. The van der Waals surface area contributed by atoms with Crippen molar-refractivity contribution in [2.75, 3.05) is 0 Å². The van der Waals surface area contributed by atoms with E-state index in [2.05, 4.69) is 20.8 Å². The Morgan fingerprint density at radius 1 is 1.17 bits per heavy atom. The Bertz CT molecular complexity index is 369. The maximum absolute atomic E-state index is 10.6. The summed E-state index contributed by atoms with van der Waals surface area (Å²) in [6.07, 6.45) is -0.819. The van der Waals surface area contributed by atoms with Gasteiger partial charge in [-0.15, -0.1) is 24.8 Å². The molecule has 0 aliphatic heterocycles. The van der Waals surface area contributed by atoms with Gasteiger partial charge in [0.2, 0.25) is 0 Å². The lowest BCUT2D eigenvalue weighted by molar-refractivity contribution is -0.144. The van der Waals surface area contributed by atoms with Gasteiger partial charge in [0.15, 0.2) is 6.10 Å². The fraction of sp³-hybridized carbons (Fsp3) is 0.462. The van der Waals surface area contributed by atoms with Crippen LogP contribution in [0.25, 0.3) is 0 Å². The molecule has 0 heterocycles. The van der Waals surface area contributed by atoms with Crippen molar-refractivity contribution in [1.29, 1.82) is 0 Å². The van der Waals surface area contributed by atoms with Gasteiger partial charge in [0.05, 0.1) is 0 Å². The van der Waals surface area contributed by atoms with E-state index in [1.165, 1.54) is 12.5 Å². The molecule has 0 bridgehead atoms. The van der Waals surface area contributed by atoms with Gasteiger partial charge in [0.25, 0.3) is 0 Å². The van der Waals surface area contributed by atoms with E-state index in [4.69, 9.17) is 9.84 Å². The average Bonchev–Trinajstić information content (AvgIpc) is 2.17. The van der Waals surface area contributed by atoms with Gasteiger partial charge in [-0.3, -0.25) is 0 Å². The van der Waals surface area contributed by atoms with Gasteiger partial charge < -0.3 is 9.84 Å². The molecule has 0 aliphatic rings. The maximum Gasteiger partial charge on any atom is 0.344 e. The summed E-state index contributed by atoms with van der Waals surface area (Å²) in [4.78, 5) is 10.6. The molecule has 0 amide bonds. The van der Waals surface area contributed by atoms with Gasteiger partial charge in [-0.1, -0.05) is 32.9 Å². The molecule has 3 nitrogen and oxygen atoms in total. The first-order chi connectivity index (χ1) is 7.30. The molecule has 0 aliphatic carbocycles. The number of aliphatic carboxylic acids is 1. The zero-order chi connectivity index (χ0) is 12.3. The summed E-state index contributed by atoms with van der Waals surface area (Å²) >= 11 is 0. The second-order valence-corrected chi connectivity index (χ2v) is 4.87. The summed E-state index contributed by atoms with van der Waals surface area (Å²) in [5.74, 6) is -0.372. The van der Waals surface area contributed by atoms with Crippen molar-refractivity contribution in [2.45, 2.75) is 39.2 Å². The summed E-state index contributed by atoms with van der Waals surface area (Å²) in [5.41, 5.74) is 1.29. The number of hydrogen-bond acceptors (Lipinski definition) is 2. The molecule has 0 fully saturated rings. The Balaban J connectivity index is 0. The fourth-order valence-electron chi connectivity index (χ4n) is 1.29. The highest BCUT2D eigenvalue weighted by Crippen LogP contribution is 2.24. The summed E-state index contributed by atoms with van der Waals surface area (Å²) in [6.45, 7) is 7.90. The number of rotatable bonds is 3. The molecule has 1 N–H and O–H groups in total. The lowest BCUT2D eigenvalue weighted by Gasteiger charge is -2.19. The molecule has 0 spiro atoms. The van der Waals surface area contributed by atoms with Gasteiger partial charge in [0, 0.05) is 0 Å². The zero-order valence-electron chi connectivity index (χ0n) is 11.0. The molecule has 1 aromatic rings. The summed E-state index contributed by atoms with van der Waals surface area (Å²) in [7, 11) is 0. The van der Waals surface area contributed by atoms with Crippen LogP contribution in [0.15, 0.2) is 24.3 Å². The third kappa shape index (κ3) is 5.61. The largest absolute Gasteiger partial charge is 0.479 e. The first-order valence-corrected chi connectivity index (χ1v) is 5.30. The van der Waals surface area contributed by atoms with Crippen LogP contribution >= 0.6 is 24.8 Å². The van der Waals surface area contributed by atoms with Gasteiger partial charge >= 0.3 is 5.97 Å². The quantitative estimate of drug-likeness (QED) is 0.925. The van der Waals surface area contributed by atoms with Gasteiger partial charge in [-0.25, -0.2) is 4.79 Å². The first kappa shape index (κ1) is 19.4. The van der Waals surface area contributed by atoms with Gasteiger partial charge in [-0.05, 0) is 30.0 Å². The summed E-state index contributed by atoms with van der Waals surface area (Å²) in [6, 6.07) is 7.54. The van der Waals surface area contributed by atoms with Crippen LogP contribution in [0.1, 0.15) is 33.3 Å². The predicted molar refractivity (Wildman–Crippen MR) is 77.4 cm³/mol. The Hall–Kier alpha value is -0.930. The molecule has 18 heavy (non-hydrogen) atoms. The van der Waals surface area contributed by atoms with Crippen LogP contribution < -0.4 is 4.74 Å². The van der Waals surface area contributed by atoms with Crippen molar-refractivity contribution in [3.63, 3.8) is 0 Å².